The summed E-state index contributed by atoms with van der Waals surface area (Å²) < 4.78 is 25.7. The molecule has 2 unspecified atom stereocenters. The summed E-state index contributed by atoms with van der Waals surface area (Å²) in [7, 11) is 0. The number of benzene rings is 2. The molecule has 9 rings (SSSR count). The van der Waals surface area contributed by atoms with Crippen molar-refractivity contribution in [2.24, 2.45) is 0 Å². The van der Waals surface area contributed by atoms with Crippen LogP contribution in [0.4, 0.5) is 11.9 Å². The summed E-state index contributed by atoms with van der Waals surface area (Å²) >= 11 is 0. The van der Waals surface area contributed by atoms with Crippen LogP contribution in [-0.2, 0) is 30.9 Å². The molecule has 334 valence electrons. The van der Waals surface area contributed by atoms with Crippen LogP contribution in [0.5, 0.6) is 11.5 Å². The maximum absolute atomic E-state index is 13.9. The summed E-state index contributed by atoms with van der Waals surface area (Å²) in [6.45, 7) is 12.2. The number of carbonyl (C=O) groups is 4. The molecule has 0 saturated carbocycles. The number of allylic oxidation sites excluding steroid dienone is 2. The molecule has 3 N–H and O–H groups in total. The lowest BCUT2D eigenvalue weighted by molar-refractivity contribution is -0.0375. The highest BCUT2D eigenvalue weighted by Gasteiger charge is 2.33. The van der Waals surface area contributed by atoms with Crippen LogP contribution in [0.3, 0.4) is 0 Å². The number of morpholine rings is 1. The lowest BCUT2D eigenvalue weighted by Gasteiger charge is -2.31. The minimum absolute atomic E-state index is 0.193. The number of rotatable bonds is 11. The average molecular weight is 873 g/mol. The summed E-state index contributed by atoms with van der Waals surface area (Å²) in [6, 6.07) is 10.2. The van der Waals surface area contributed by atoms with E-state index in [1.54, 1.807) is 45.8 Å². The molecule has 3 amide bonds. The van der Waals surface area contributed by atoms with Crippen LogP contribution in [0.15, 0.2) is 48.6 Å². The molecule has 0 aliphatic carbocycles. The second-order valence-corrected chi connectivity index (χ2v) is 16.3. The van der Waals surface area contributed by atoms with Crippen LogP contribution in [0.2, 0.25) is 0 Å². The summed E-state index contributed by atoms with van der Waals surface area (Å²) in [5, 5.41) is 18.0. The third-order valence-corrected chi connectivity index (χ3v) is 11.7. The Hall–Kier alpha value is -6.86. The third kappa shape index (κ3) is 8.59. The van der Waals surface area contributed by atoms with Crippen LogP contribution in [0.25, 0.3) is 22.1 Å². The molecule has 0 spiro atoms. The topological polar surface area (TPSA) is 207 Å². The van der Waals surface area contributed by atoms with Crippen LogP contribution in [0.1, 0.15) is 86.2 Å². The maximum Gasteiger partial charge on any atom is 0.276 e. The number of carbonyl (C=O) groups excluding carboxylic acids is 4. The van der Waals surface area contributed by atoms with Crippen molar-refractivity contribution in [1.82, 2.24) is 48.9 Å². The van der Waals surface area contributed by atoms with Gasteiger partial charge in [0.05, 0.1) is 47.8 Å². The van der Waals surface area contributed by atoms with Gasteiger partial charge in [-0.1, -0.05) is 12.2 Å². The molecule has 4 aromatic heterocycles. The van der Waals surface area contributed by atoms with Gasteiger partial charge in [0, 0.05) is 69.9 Å². The monoisotopic (exact) mass is 872 g/mol. The van der Waals surface area contributed by atoms with Gasteiger partial charge in [0.15, 0.2) is 0 Å². The second-order valence-electron chi connectivity index (χ2n) is 16.3. The van der Waals surface area contributed by atoms with Crippen LogP contribution < -0.4 is 25.4 Å². The van der Waals surface area contributed by atoms with Crippen molar-refractivity contribution < 1.29 is 33.4 Å². The zero-order valence-corrected chi connectivity index (χ0v) is 36.4. The Morgan fingerprint density at radius 1 is 0.734 bits per heavy atom. The first-order chi connectivity index (χ1) is 31.1. The fraction of sp³-hybridized carbons (Fsp3) is 0.422. The Bertz CT molecular complexity index is 2790. The Morgan fingerprint density at radius 3 is 1.83 bits per heavy atom. The van der Waals surface area contributed by atoms with Crippen LogP contribution >= 0.6 is 0 Å². The van der Waals surface area contributed by atoms with Gasteiger partial charge in [0.1, 0.15) is 40.2 Å². The van der Waals surface area contributed by atoms with E-state index in [1.165, 1.54) is 0 Å². The predicted molar refractivity (Wildman–Crippen MR) is 237 cm³/mol. The highest BCUT2D eigenvalue weighted by Crippen LogP contribution is 2.34. The van der Waals surface area contributed by atoms with E-state index in [2.05, 4.69) is 31.0 Å². The number of aromatic nitrogens is 8. The number of anilines is 2. The number of nitrogens with zero attached hydrogens (tertiary/aromatic N) is 9. The molecule has 0 radical (unpaired) electrons. The molecule has 2 saturated heterocycles. The lowest BCUT2D eigenvalue weighted by Crippen LogP contribution is -2.45. The zero-order valence-electron chi connectivity index (χ0n) is 36.4. The van der Waals surface area contributed by atoms with Gasteiger partial charge in [-0.2, -0.15) is 10.2 Å². The Kier molecular flexibility index (Phi) is 12.0. The number of likely N-dealkylation sites (tertiary alicyclic amines) is 1. The smallest absolute Gasteiger partial charge is 0.276 e. The fourth-order valence-corrected chi connectivity index (χ4v) is 8.81. The number of aryl methyl sites for hydroxylation is 4. The van der Waals surface area contributed by atoms with Gasteiger partial charge < -0.3 is 28.7 Å². The molecule has 19 heteroatoms. The Labute approximate surface area is 368 Å². The summed E-state index contributed by atoms with van der Waals surface area (Å²) in [5.41, 5.74) is 4.98. The lowest BCUT2D eigenvalue weighted by atomic mass is 10.1. The standard InChI is InChI=1S/C45H52N12O7/c1-5-56-35(18-27(3)51-56)42(60)49-44-47-33-20-29(26-58)21-37-39(33)54(44)13-7-8-14-55-40-34(48-45(55)50-43(61)36-19-28(4)52-57(36)6-2)22-30(23-38(40)63-17-9-16-62-37)41(59)46-12-15-53-24-31-10-11-32(25-53)64-31/h7-8,18-23,26,31-32H,5-6,9-17,24-25H2,1-4H3,(H,46,59)(H,47,49,60)(H,48,50,61)/b8-7+. The van der Waals surface area contributed by atoms with E-state index in [4.69, 9.17) is 24.2 Å². The first-order valence-corrected chi connectivity index (χ1v) is 21.9. The van der Waals surface area contributed by atoms with Gasteiger partial charge in [-0.3, -0.25) is 44.1 Å². The van der Waals surface area contributed by atoms with Crippen LogP contribution in [-0.4, -0.2) is 119 Å². The third-order valence-electron chi connectivity index (χ3n) is 11.7. The SMILES string of the molecule is CCn1nc(C)cc1C(=O)Nc1nc2cc(C=O)cc3c2n1C/C=C/Cn1c(NC(=O)c2cc(C)nn2CC)nc2cc(C(=O)NCCN4CC5CCC(C4)O5)cc(c21)OCCCO3. The van der Waals surface area contributed by atoms with Crippen molar-refractivity contribution in [2.75, 3.05) is 50.0 Å². The van der Waals surface area contributed by atoms with Gasteiger partial charge in [-0.25, -0.2) is 9.97 Å². The van der Waals surface area contributed by atoms with E-state index in [0.29, 0.717) is 100 Å². The summed E-state index contributed by atoms with van der Waals surface area (Å²) in [6.07, 6.45) is 7.63. The Balaban J connectivity index is 1.06. The highest BCUT2D eigenvalue weighted by molar-refractivity contribution is 6.05. The molecule has 2 aromatic carbocycles. The molecule has 19 nitrogen and oxygen atoms in total. The van der Waals surface area contributed by atoms with E-state index in [-0.39, 0.29) is 56.3 Å². The number of ether oxygens (including phenoxy) is 3. The van der Waals surface area contributed by atoms with Crippen molar-refractivity contribution in [3.05, 3.63) is 82.5 Å². The van der Waals surface area contributed by atoms with Gasteiger partial charge in [0.2, 0.25) is 11.9 Å². The quantitative estimate of drug-likeness (QED) is 0.119. The number of hydrogen-bond donors (Lipinski definition) is 3. The maximum atomic E-state index is 13.9. The van der Waals surface area contributed by atoms with E-state index >= 15 is 0 Å². The highest BCUT2D eigenvalue weighted by atomic mass is 16.5. The number of imidazole rings is 2. The van der Waals surface area contributed by atoms with Gasteiger partial charge in [0.25, 0.3) is 17.7 Å². The van der Waals surface area contributed by atoms with Gasteiger partial charge in [-0.15, -0.1) is 0 Å². The molecule has 6 aromatic rings. The zero-order chi connectivity index (χ0) is 44.5. The largest absolute Gasteiger partial charge is 0.491 e. The van der Waals surface area contributed by atoms with E-state index in [0.717, 1.165) is 32.2 Å². The molecule has 2 bridgehead atoms. The number of hydrogen-bond acceptors (Lipinski definition) is 12. The van der Waals surface area contributed by atoms with Crippen molar-refractivity contribution in [3.63, 3.8) is 0 Å². The first-order valence-electron chi connectivity index (χ1n) is 21.9. The molecule has 64 heavy (non-hydrogen) atoms. The normalized spacial score (nSPS) is 18.2. The van der Waals surface area contributed by atoms with Gasteiger partial charge in [-0.05, 0) is 76.9 Å². The average Bonchev–Trinajstić information content (AvgIpc) is 4.10. The first kappa shape index (κ1) is 42.4. The van der Waals surface area contributed by atoms with Crippen molar-refractivity contribution in [1.29, 1.82) is 0 Å². The summed E-state index contributed by atoms with van der Waals surface area (Å²) in [5.74, 6) is 0.264. The fourth-order valence-electron chi connectivity index (χ4n) is 8.81. The minimum Gasteiger partial charge on any atom is -0.491 e. The van der Waals surface area contributed by atoms with Crippen molar-refractivity contribution in [3.8, 4) is 11.5 Å². The van der Waals surface area contributed by atoms with Crippen molar-refractivity contribution in [2.45, 2.75) is 85.3 Å². The van der Waals surface area contributed by atoms with Crippen molar-refractivity contribution >= 4 is 58.0 Å². The molecule has 2 fully saturated rings. The Morgan fingerprint density at radius 2 is 1.28 bits per heavy atom. The van der Waals surface area contributed by atoms with E-state index in [9.17, 15) is 19.2 Å². The number of fused-ring (bicyclic) bond motifs is 2. The predicted octanol–water partition coefficient (Wildman–Crippen LogP) is 4.76. The number of nitrogens with one attached hydrogen (secondary N) is 3. The second kappa shape index (κ2) is 18.1. The molecule has 3 aliphatic heterocycles. The van der Waals surface area contributed by atoms with E-state index in [1.807, 2.05) is 49.0 Å². The van der Waals surface area contributed by atoms with Gasteiger partial charge >= 0.3 is 0 Å². The molecule has 2 atom stereocenters. The van der Waals surface area contributed by atoms with E-state index < -0.39 is 11.8 Å². The molecular weight excluding hydrogens is 821 g/mol. The summed E-state index contributed by atoms with van der Waals surface area (Å²) in [4.78, 5) is 65.5. The molecule has 7 heterocycles. The van der Waals surface area contributed by atoms with Crippen LogP contribution in [0, 0.1) is 13.8 Å². The number of amides is 3. The molecule has 3 aliphatic rings. The number of aldehydes is 1. The molecular formula is C45H52N12O7. The minimum atomic E-state index is -0.393.